The van der Waals surface area contributed by atoms with E-state index in [0.29, 0.717) is 17.0 Å². The summed E-state index contributed by atoms with van der Waals surface area (Å²) in [4.78, 5) is 24.9. The molecule has 2 aromatic rings. The van der Waals surface area contributed by atoms with Crippen LogP contribution in [-0.4, -0.2) is 42.0 Å². The molecule has 0 aliphatic carbocycles. The fraction of sp³-hybridized carbons (Fsp3) is 0.360. The van der Waals surface area contributed by atoms with Crippen molar-refractivity contribution in [3.8, 4) is 0 Å². The Bertz CT molecular complexity index is 1300. The minimum atomic E-state index is -5.29. The van der Waals surface area contributed by atoms with Gasteiger partial charge in [0.1, 0.15) is 18.3 Å². The monoisotopic (exact) mass is 659 g/mol. The molecule has 0 heterocycles. The third-order valence-corrected chi connectivity index (χ3v) is 6.80. The number of alkyl halides is 9. The minimum absolute atomic E-state index is 0.00840. The van der Waals surface area contributed by atoms with Crippen LogP contribution >= 0.6 is 34.8 Å². The topological polar surface area (TPSA) is 37.4 Å². The van der Waals surface area contributed by atoms with E-state index >= 15 is 0 Å². The number of halogens is 13. The lowest BCUT2D eigenvalue weighted by Gasteiger charge is -2.22. The van der Waals surface area contributed by atoms with Crippen molar-refractivity contribution in [2.75, 3.05) is 13.1 Å². The van der Waals surface area contributed by atoms with Crippen molar-refractivity contribution in [2.24, 2.45) is 0 Å². The highest BCUT2D eigenvalue weighted by molar-refractivity contribution is 6.48. The molecule has 16 heteroatoms. The molecule has 0 radical (unpaired) electrons. The van der Waals surface area contributed by atoms with Gasteiger partial charge >= 0.3 is 18.5 Å². The molecule has 0 saturated carbocycles. The zero-order valence-electron chi connectivity index (χ0n) is 20.5. The van der Waals surface area contributed by atoms with Crippen molar-refractivity contribution >= 4 is 52.3 Å². The molecule has 0 aromatic heterocycles. The molecule has 0 spiro atoms. The van der Waals surface area contributed by atoms with Gasteiger partial charge in [-0.05, 0) is 36.8 Å². The summed E-state index contributed by atoms with van der Waals surface area (Å²) < 4.78 is 135. The fourth-order valence-electron chi connectivity index (χ4n) is 3.65. The van der Waals surface area contributed by atoms with Gasteiger partial charge in [0, 0.05) is 30.5 Å². The number of rotatable bonds is 9. The van der Waals surface area contributed by atoms with Crippen LogP contribution < -0.4 is 0 Å². The summed E-state index contributed by atoms with van der Waals surface area (Å²) in [5.74, 6) is -6.89. The first kappa shape index (κ1) is 34.7. The second-order valence-electron chi connectivity index (χ2n) is 8.54. The Balaban J connectivity index is 2.43. The molecular weight excluding hydrogens is 643 g/mol. The zero-order valence-corrected chi connectivity index (χ0v) is 22.8. The van der Waals surface area contributed by atoms with Crippen molar-refractivity contribution in [1.82, 2.24) is 4.90 Å². The molecule has 0 aliphatic heterocycles. The third kappa shape index (κ3) is 9.50. The normalized spacial score (nSPS) is 13.8. The van der Waals surface area contributed by atoms with E-state index in [1.54, 1.807) is 0 Å². The smallest absolute Gasteiger partial charge is 0.334 e. The molecule has 0 fully saturated rings. The number of carbonyl (C=O) groups is 2. The predicted molar refractivity (Wildman–Crippen MR) is 133 cm³/mol. The van der Waals surface area contributed by atoms with Crippen molar-refractivity contribution < 1.29 is 53.5 Å². The van der Waals surface area contributed by atoms with Crippen LogP contribution in [0.15, 0.2) is 36.4 Å². The first-order valence-corrected chi connectivity index (χ1v) is 12.5. The summed E-state index contributed by atoms with van der Waals surface area (Å²) in [5, 5.41) is -1.06. The molecule has 41 heavy (non-hydrogen) atoms. The number of ketones is 1. The lowest BCUT2D eigenvalue weighted by atomic mass is 9.94. The Morgan fingerprint density at radius 3 is 1.93 bits per heavy atom. The Morgan fingerprint density at radius 2 is 1.46 bits per heavy atom. The number of Topliss-reactive ketones (excluding diaryl/α,β-unsaturated/α-hetero) is 1. The van der Waals surface area contributed by atoms with Gasteiger partial charge < -0.3 is 4.90 Å². The van der Waals surface area contributed by atoms with E-state index < -0.39 is 93.6 Å². The maximum Gasteiger partial charge on any atom is 0.417 e. The van der Waals surface area contributed by atoms with E-state index in [9.17, 15) is 53.5 Å². The van der Waals surface area contributed by atoms with Crippen LogP contribution in [0.2, 0.25) is 15.1 Å². The van der Waals surface area contributed by atoms with Gasteiger partial charge in [-0.2, -0.15) is 39.5 Å². The van der Waals surface area contributed by atoms with Gasteiger partial charge in [-0.1, -0.05) is 46.9 Å². The standard InChI is InChI=1S/C25H18Cl3F10NO2/c1-2-39(11-23(30,31)32)21(41)6-5-20(40)14-4-3-12(7-16(14)25(36,37)38)19(29)10-15(24(33,34)35)13-8-17(26)22(28)18(27)9-13/h3-4,7-10,15H,2,5-6,11H2,1H3/b19-10-. The Kier molecular flexibility index (Phi) is 11.2. The zero-order chi connectivity index (χ0) is 31.5. The van der Waals surface area contributed by atoms with Crippen LogP contribution in [-0.2, 0) is 11.0 Å². The van der Waals surface area contributed by atoms with E-state index in [0.717, 1.165) is 12.1 Å². The number of allylic oxidation sites excluding steroid dienone is 1. The van der Waals surface area contributed by atoms with E-state index in [1.165, 1.54) is 6.92 Å². The SMILES string of the molecule is CCN(CC(F)(F)F)C(=O)CCC(=O)c1ccc(/C(F)=C/C(c2cc(Cl)c(Cl)c(Cl)c2)C(F)(F)F)cc1C(F)(F)F. The lowest BCUT2D eigenvalue weighted by Crippen LogP contribution is -2.38. The molecule has 0 saturated heterocycles. The highest BCUT2D eigenvalue weighted by Gasteiger charge is 2.41. The van der Waals surface area contributed by atoms with Gasteiger partial charge in [0.2, 0.25) is 5.91 Å². The van der Waals surface area contributed by atoms with Gasteiger partial charge in [-0.3, -0.25) is 9.59 Å². The summed E-state index contributed by atoms with van der Waals surface area (Å²) in [6, 6.07) is 2.75. The largest absolute Gasteiger partial charge is 0.417 e. The van der Waals surface area contributed by atoms with Crippen molar-refractivity contribution in [3.63, 3.8) is 0 Å². The summed E-state index contributed by atoms with van der Waals surface area (Å²) in [6.07, 6.45) is -17.0. The lowest BCUT2D eigenvalue weighted by molar-refractivity contribution is -0.160. The number of hydrogen-bond donors (Lipinski definition) is 0. The second kappa shape index (κ2) is 13.2. The van der Waals surface area contributed by atoms with Crippen molar-refractivity contribution in [2.45, 2.75) is 44.2 Å². The number of benzene rings is 2. The van der Waals surface area contributed by atoms with Gasteiger partial charge in [-0.25, -0.2) is 4.39 Å². The third-order valence-electron chi connectivity index (χ3n) is 5.60. The van der Waals surface area contributed by atoms with Crippen molar-refractivity contribution in [1.29, 1.82) is 0 Å². The van der Waals surface area contributed by atoms with E-state index in [4.69, 9.17) is 34.8 Å². The van der Waals surface area contributed by atoms with Gasteiger partial charge in [-0.15, -0.1) is 0 Å². The maximum absolute atomic E-state index is 15.0. The molecule has 2 aromatic carbocycles. The molecule has 226 valence electrons. The fourth-order valence-corrected chi connectivity index (χ4v) is 4.27. The molecule has 0 bridgehead atoms. The maximum atomic E-state index is 15.0. The van der Waals surface area contributed by atoms with Crippen LogP contribution in [0.5, 0.6) is 0 Å². The van der Waals surface area contributed by atoms with E-state index in [1.807, 2.05) is 0 Å². The molecule has 1 unspecified atom stereocenters. The van der Waals surface area contributed by atoms with Gasteiger partial charge in [0.15, 0.2) is 5.78 Å². The molecule has 0 N–H and O–H groups in total. The number of amides is 1. The minimum Gasteiger partial charge on any atom is -0.334 e. The Hall–Kier alpha value is -2.51. The second-order valence-corrected chi connectivity index (χ2v) is 9.73. The van der Waals surface area contributed by atoms with Gasteiger partial charge in [0.25, 0.3) is 0 Å². The highest BCUT2D eigenvalue weighted by Crippen LogP contribution is 2.43. The molecular formula is C25H18Cl3F10NO2. The van der Waals surface area contributed by atoms with Crippen molar-refractivity contribution in [3.05, 3.63) is 73.7 Å². The van der Waals surface area contributed by atoms with Crippen LogP contribution in [0.4, 0.5) is 43.9 Å². The van der Waals surface area contributed by atoms with E-state index in [-0.39, 0.29) is 23.7 Å². The Morgan fingerprint density at radius 1 is 0.902 bits per heavy atom. The molecule has 0 aliphatic rings. The van der Waals surface area contributed by atoms with Crippen LogP contribution in [0.25, 0.3) is 5.83 Å². The number of nitrogens with zero attached hydrogens (tertiary/aromatic N) is 1. The molecule has 3 nitrogen and oxygen atoms in total. The first-order chi connectivity index (χ1) is 18.7. The van der Waals surface area contributed by atoms with Crippen LogP contribution in [0.3, 0.4) is 0 Å². The number of carbonyl (C=O) groups excluding carboxylic acids is 2. The number of hydrogen-bond acceptors (Lipinski definition) is 2. The first-order valence-electron chi connectivity index (χ1n) is 11.3. The van der Waals surface area contributed by atoms with Gasteiger partial charge in [0.05, 0.1) is 20.6 Å². The summed E-state index contributed by atoms with van der Waals surface area (Å²) in [7, 11) is 0. The quantitative estimate of drug-likeness (QED) is 0.153. The van der Waals surface area contributed by atoms with Crippen LogP contribution in [0, 0.1) is 0 Å². The van der Waals surface area contributed by atoms with E-state index in [2.05, 4.69) is 0 Å². The summed E-state index contributed by atoms with van der Waals surface area (Å²) in [5.41, 5.74) is -4.40. The molecule has 2 rings (SSSR count). The van der Waals surface area contributed by atoms with Crippen LogP contribution in [0.1, 0.15) is 52.7 Å². The average Bonchev–Trinajstić information content (AvgIpc) is 2.84. The molecule has 1 amide bonds. The highest BCUT2D eigenvalue weighted by atomic mass is 35.5. The summed E-state index contributed by atoms with van der Waals surface area (Å²) >= 11 is 17.2. The predicted octanol–water partition coefficient (Wildman–Crippen LogP) is 9.70. The summed E-state index contributed by atoms with van der Waals surface area (Å²) in [6.45, 7) is -0.778. The molecule has 1 atom stereocenters. The Labute approximate surface area is 241 Å². The average molecular weight is 661 g/mol.